The molecule has 0 aromatic rings. The van der Waals surface area contributed by atoms with Crippen LogP contribution in [-0.4, -0.2) is 47.2 Å². The molecule has 1 fully saturated rings. The molecule has 0 bridgehead atoms. The van der Waals surface area contributed by atoms with Crippen molar-refractivity contribution in [3.05, 3.63) is 0 Å². The largest absolute Gasteiger partial charge is 0.327 e. The topological polar surface area (TPSA) is 57.7 Å². The second-order valence-corrected chi connectivity index (χ2v) is 3.81. The van der Waals surface area contributed by atoms with Crippen molar-refractivity contribution in [2.24, 2.45) is 5.92 Å². The van der Waals surface area contributed by atoms with Crippen LogP contribution >= 0.6 is 0 Å². The van der Waals surface area contributed by atoms with Crippen LogP contribution in [0.1, 0.15) is 20.8 Å². The van der Waals surface area contributed by atoms with E-state index in [4.69, 9.17) is 0 Å². The van der Waals surface area contributed by atoms with Crippen LogP contribution < -0.4 is 0 Å². The molecule has 0 saturated carbocycles. The van der Waals surface area contributed by atoms with Gasteiger partial charge in [-0.2, -0.15) is 0 Å². The van der Waals surface area contributed by atoms with Gasteiger partial charge in [0.05, 0.1) is 0 Å². The third-order valence-corrected chi connectivity index (χ3v) is 2.60. The van der Waals surface area contributed by atoms with E-state index in [9.17, 15) is 14.4 Å². The number of rotatable bonds is 4. The molecule has 0 aliphatic carbocycles. The first-order valence-corrected chi connectivity index (χ1v) is 5.10. The lowest BCUT2D eigenvalue weighted by Gasteiger charge is -2.20. The van der Waals surface area contributed by atoms with Gasteiger partial charge in [0, 0.05) is 19.0 Å². The summed E-state index contributed by atoms with van der Waals surface area (Å²) in [4.78, 5) is 36.5. The maximum Gasteiger partial charge on any atom is 0.327 e. The van der Waals surface area contributed by atoms with Gasteiger partial charge < -0.3 is 9.69 Å². The summed E-state index contributed by atoms with van der Waals surface area (Å²) < 4.78 is 0. The molecule has 1 heterocycles. The molecule has 0 aromatic carbocycles. The number of likely N-dealkylation sites (N-methyl/N-ethyl adjacent to an activating group) is 1. The molecule has 84 valence electrons. The highest BCUT2D eigenvalue weighted by Crippen LogP contribution is 2.17. The van der Waals surface area contributed by atoms with Gasteiger partial charge >= 0.3 is 6.03 Å². The van der Waals surface area contributed by atoms with E-state index in [0.29, 0.717) is 13.1 Å². The van der Waals surface area contributed by atoms with Gasteiger partial charge in [0.1, 0.15) is 12.3 Å². The lowest BCUT2D eigenvalue weighted by Crippen LogP contribution is -2.37. The van der Waals surface area contributed by atoms with Crippen LogP contribution in [0, 0.1) is 5.92 Å². The fourth-order valence-electron chi connectivity index (χ4n) is 1.65. The number of urea groups is 1. The zero-order chi connectivity index (χ0) is 11.6. The molecule has 3 amide bonds. The molecule has 1 aliphatic heterocycles. The summed E-state index contributed by atoms with van der Waals surface area (Å²) in [5.74, 6) is -0.415. The molecule has 2 atom stereocenters. The quantitative estimate of drug-likeness (QED) is 0.503. The average Bonchev–Trinajstić information content (AvgIpc) is 2.42. The van der Waals surface area contributed by atoms with Crippen LogP contribution in [-0.2, 0) is 9.59 Å². The Kier molecular flexibility index (Phi) is 3.44. The minimum absolute atomic E-state index is 0.180. The standard InChI is InChI=1S/C10H16N2O3/c1-4-11-9(14)8(3)12(10(11)15)5-7(2)6-13/h6-8H,4-5H2,1-3H3. The molecule has 0 aromatic heterocycles. The number of amides is 3. The smallest absolute Gasteiger partial charge is 0.312 e. The second-order valence-electron chi connectivity index (χ2n) is 3.81. The maximum absolute atomic E-state index is 11.7. The van der Waals surface area contributed by atoms with E-state index in [2.05, 4.69) is 0 Å². The fraction of sp³-hybridized carbons (Fsp3) is 0.700. The molecule has 5 nitrogen and oxygen atoms in total. The van der Waals surface area contributed by atoms with Gasteiger partial charge in [-0.1, -0.05) is 6.92 Å². The van der Waals surface area contributed by atoms with Crippen LogP contribution in [0.3, 0.4) is 0 Å². The zero-order valence-electron chi connectivity index (χ0n) is 9.27. The van der Waals surface area contributed by atoms with E-state index in [1.54, 1.807) is 20.8 Å². The highest BCUT2D eigenvalue weighted by Gasteiger charge is 2.41. The van der Waals surface area contributed by atoms with Crippen molar-refractivity contribution in [3.63, 3.8) is 0 Å². The van der Waals surface area contributed by atoms with E-state index in [-0.39, 0.29) is 17.9 Å². The van der Waals surface area contributed by atoms with Gasteiger partial charge in [0.25, 0.3) is 5.91 Å². The fourth-order valence-corrected chi connectivity index (χ4v) is 1.65. The summed E-state index contributed by atoms with van der Waals surface area (Å²) in [7, 11) is 0. The summed E-state index contributed by atoms with van der Waals surface area (Å²) >= 11 is 0. The Hall–Kier alpha value is -1.39. The molecule has 1 rings (SSSR count). The van der Waals surface area contributed by atoms with Crippen LogP contribution in [0.15, 0.2) is 0 Å². The van der Waals surface area contributed by atoms with Crippen LogP contribution in [0.25, 0.3) is 0 Å². The highest BCUT2D eigenvalue weighted by molar-refractivity contribution is 6.04. The number of nitrogens with zero attached hydrogens (tertiary/aromatic N) is 2. The van der Waals surface area contributed by atoms with Gasteiger partial charge in [0.2, 0.25) is 0 Å². The summed E-state index contributed by atoms with van der Waals surface area (Å²) in [6.07, 6.45) is 0.791. The van der Waals surface area contributed by atoms with E-state index < -0.39 is 6.04 Å². The van der Waals surface area contributed by atoms with Crippen LogP contribution in [0.4, 0.5) is 4.79 Å². The molecule has 15 heavy (non-hydrogen) atoms. The molecule has 0 radical (unpaired) electrons. The summed E-state index contributed by atoms with van der Waals surface area (Å²) in [5, 5.41) is 0. The minimum atomic E-state index is -0.445. The van der Waals surface area contributed by atoms with Gasteiger partial charge in [-0.05, 0) is 13.8 Å². The lowest BCUT2D eigenvalue weighted by atomic mass is 10.2. The van der Waals surface area contributed by atoms with Gasteiger partial charge in [-0.25, -0.2) is 4.79 Å². The third-order valence-electron chi connectivity index (χ3n) is 2.60. The number of aldehydes is 1. The Morgan fingerprint density at radius 2 is 2.07 bits per heavy atom. The average molecular weight is 212 g/mol. The van der Waals surface area contributed by atoms with Crippen molar-refractivity contribution in [2.75, 3.05) is 13.1 Å². The molecule has 1 aliphatic rings. The molecule has 5 heteroatoms. The van der Waals surface area contributed by atoms with Gasteiger partial charge in [-0.15, -0.1) is 0 Å². The van der Waals surface area contributed by atoms with E-state index in [0.717, 1.165) is 6.29 Å². The Balaban J connectivity index is 2.78. The summed E-state index contributed by atoms with van der Waals surface area (Å²) in [6.45, 7) is 5.87. The molecule has 0 spiro atoms. The molecule has 2 unspecified atom stereocenters. The molecule has 0 N–H and O–H groups in total. The van der Waals surface area contributed by atoms with Crippen LogP contribution in [0.5, 0.6) is 0 Å². The van der Waals surface area contributed by atoms with Crippen molar-refractivity contribution in [3.8, 4) is 0 Å². The Morgan fingerprint density at radius 3 is 2.47 bits per heavy atom. The summed E-state index contributed by atoms with van der Waals surface area (Å²) in [6, 6.07) is -0.733. The van der Waals surface area contributed by atoms with Crippen molar-refractivity contribution in [1.82, 2.24) is 9.80 Å². The number of hydrogen-bond donors (Lipinski definition) is 0. The highest BCUT2D eigenvalue weighted by atomic mass is 16.2. The Bertz CT molecular complexity index is 290. The van der Waals surface area contributed by atoms with Crippen LogP contribution in [0.2, 0.25) is 0 Å². The predicted molar refractivity (Wildman–Crippen MR) is 54.2 cm³/mol. The number of hydrogen-bond acceptors (Lipinski definition) is 3. The van der Waals surface area contributed by atoms with Crippen molar-refractivity contribution < 1.29 is 14.4 Å². The van der Waals surface area contributed by atoms with Crippen molar-refractivity contribution >= 4 is 18.2 Å². The van der Waals surface area contributed by atoms with E-state index in [1.165, 1.54) is 9.80 Å². The van der Waals surface area contributed by atoms with Gasteiger partial charge in [0.15, 0.2) is 0 Å². The maximum atomic E-state index is 11.7. The van der Waals surface area contributed by atoms with Crippen molar-refractivity contribution in [2.45, 2.75) is 26.8 Å². The first-order valence-electron chi connectivity index (χ1n) is 5.10. The minimum Gasteiger partial charge on any atom is -0.312 e. The molecule has 1 saturated heterocycles. The first kappa shape index (κ1) is 11.7. The third kappa shape index (κ3) is 2.00. The SMILES string of the molecule is CCN1C(=O)C(C)N(CC(C)C=O)C1=O. The predicted octanol–water partition coefficient (Wildman–Crippen LogP) is 0.494. The monoisotopic (exact) mass is 212 g/mol. The normalized spacial score (nSPS) is 23.5. The summed E-state index contributed by atoms with van der Waals surface area (Å²) in [5.41, 5.74) is 0. The van der Waals surface area contributed by atoms with Crippen molar-refractivity contribution in [1.29, 1.82) is 0 Å². The Morgan fingerprint density at radius 1 is 1.47 bits per heavy atom. The first-order chi connectivity index (χ1) is 7.02. The Labute approximate surface area is 89.0 Å². The lowest BCUT2D eigenvalue weighted by molar-refractivity contribution is -0.128. The molecular formula is C10H16N2O3. The number of carbonyl (C=O) groups is 3. The second kappa shape index (κ2) is 4.42. The van der Waals surface area contributed by atoms with E-state index in [1.807, 2.05) is 0 Å². The zero-order valence-corrected chi connectivity index (χ0v) is 9.27. The number of carbonyl (C=O) groups excluding carboxylic acids is 3. The number of imide groups is 1. The van der Waals surface area contributed by atoms with Gasteiger partial charge in [-0.3, -0.25) is 9.69 Å². The van der Waals surface area contributed by atoms with E-state index >= 15 is 0 Å². The molecular weight excluding hydrogens is 196 g/mol.